The second-order valence-electron chi connectivity index (χ2n) is 12.1. The van der Waals surface area contributed by atoms with Crippen LogP contribution in [0.2, 0.25) is 18.1 Å². The molecule has 0 aromatic carbocycles. The van der Waals surface area contributed by atoms with Crippen LogP contribution in [-0.4, -0.2) is 107 Å². The van der Waals surface area contributed by atoms with Crippen LogP contribution in [0.1, 0.15) is 91.9 Å². The van der Waals surface area contributed by atoms with Gasteiger partial charge in [-0.25, -0.2) is 0 Å². The Bertz CT molecular complexity index is 516. The van der Waals surface area contributed by atoms with Crippen molar-refractivity contribution in [3.05, 3.63) is 0 Å². The third-order valence-electron chi connectivity index (χ3n) is 7.37. The summed E-state index contributed by atoms with van der Waals surface area (Å²) in [6.45, 7) is 22.5. The van der Waals surface area contributed by atoms with Gasteiger partial charge in [-0.15, -0.1) is 0 Å². The molecule has 0 aliphatic rings. The predicted octanol–water partition coefficient (Wildman–Crippen LogP) is 7.05. The lowest BCUT2D eigenvalue weighted by Gasteiger charge is -2.36. The fourth-order valence-corrected chi connectivity index (χ4v) is 4.71. The van der Waals surface area contributed by atoms with E-state index in [1.165, 1.54) is 57.8 Å². The summed E-state index contributed by atoms with van der Waals surface area (Å²) >= 11 is 0. The number of rotatable bonds is 33. The molecule has 0 saturated heterocycles. The first-order valence-electron chi connectivity index (χ1n) is 16.5. The number of hydrogen-bond acceptors (Lipinski definition) is 8. The van der Waals surface area contributed by atoms with Crippen molar-refractivity contribution in [2.24, 2.45) is 0 Å². The molecule has 0 heterocycles. The zero-order valence-corrected chi connectivity index (χ0v) is 28.9. The van der Waals surface area contributed by atoms with Crippen LogP contribution in [0.25, 0.3) is 0 Å². The molecular formula is C32H68O8Si. The first-order chi connectivity index (χ1) is 19.8. The summed E-state index contributed by atoms with van der Waals surface area (Å²) in [6.07, 6.45) is 13.5. The van der Waals surface area contributed by atoms with Crippen molar-refractivity contribution in [2.75, 3.05) is 99.1 Å². The Morgan fingerprint density at radius 2 is 0.634 bits per heavy atom. The molecule has 0 fully saturated rings. The SMILES string of the molecule is CCCCCCCCCCCCOCCOCCOCCOCCOCCOCCOCCO[Si](C)(C)C(C)(C)C. The van der Waals surface area contributed by atoms with E-state index in [9.17, 15) is 0 Å². The van der Waals surface area contributed by atoms with Crippen LogP contribution >= 0.6 is 0 Å². The summed E-state index contributed by atoms with van der Waals surface area (Å²) in [5.41, 5.74) is 0. The van der Waals surface area contributed by atoms with Gasteiger partial charge in [-0.05, 0) is 24.6 Å². The van der Waals surface area contributed by atoms with E-state index >= 15 is 0 Å². The van der Waals surface area contributed by atoms with Crippen LogP contribution in [0.4, 0.5) is 0 Å². The van der Waals surface area contributed by atoms with Crippen molar-refractivity contribution in [2.45, 2.75) is 110 Å². The number of ether oxygens (including phenoxy) is 7. The van der Waals surface area contributed by atoms with Crippen molar-refractivity contribution in [3.63, 3.8) is 0 Å². The van der Waals surface area contributed by atoms with Crippen LogP contribution in [0.3, 0.4) is 0 Å². The maximum Gasteiger partial charge on any atom is 0.192 e. The van der Waals surface area contributed by atoms with Crippen LogP contribution in [0.5, 0.6) is 0 Å². The zero-order chi connectivity index (χ0) is 30.3. The monoisotopic (exact) mass is 608 g/mol. The minimum Gasteiger partial charge on any atom is -0.414 e. The highest BCUT2D eigenvalue weighted by Gasteiger charge is 2.36. The lowest BCUT2D eigenvalue weighted by atomic mass is 10.1. The van der Waals surface area contributed by atoms with Gasteiger partial charge in [0.2, 0.25) is 0 Å². The maximum absolute atomic E-state index is 6.08. The fraction of sp³-hybridized carbons (Fsp3) is 1.00. The highest BCUT2D eigenvalue weighted by molar-refractivity contribution is 6.74. The average Bonchev–Trinajstić information content (AvgIpc) is 2.93. The van der Waals surface area contributed by atoms with Gasteiger partial charge in [-0.2, -0.15) is 0 Å². The molecule has 0 rings (SSSR count). The molecule has 0 N–H and O–H groups in total. The van der Waals surface area contributed by atoms with E-state index in [0.717, 1.165) is 13.0 Å². The summed E-state index contributed by atoms with van der Waals surface area (Å²) in [7, 11) is -1.68. The van der Waals surface area contributed by atoms with Crippen molar-refractivity contribution in [3.8, 4) is 0 Å². The molecule has 248 valence electrons. The summed E-state index contributed by atoms with van der Waals surface area (Å²) in [6, 6.07) is 0. The molecule has 0 aliphatic heterocycles. The third-order valence-corrected chi connectivity index (χ3v) is 11.9. The van der Waals surface area contributed by atoms with Crippen LogP contribution in [-0.2, 0) is 37.6 Å². The summed E-state index contributed by atoms with van der Waals surface area (Å²) in [4.78, 5) is 0. The molecule has 0 atom stereocenters. The molecule has 0 radical (unpaired) electrons. The van der Waals surface area contributed by atoms with Gasteiger partial charge in [-0.1, -0.05) is 85.5 Å². The van der Waals surface area contributed by atoms with Crippen LogP contribution < -0.4 is 0 Å². The molecule has 0 aromatic heterocycles. The van der Waals surface area contributed by atoms with Crippen molar-refractivity contribution < 1.29 is 37.6 Å². The van der Waals surface area contributed by atoms with E-state index in [-0.39, 0.29) is 5.04 Å². The predicted molar refractivity (Wildman–Crippen MR) is 171 cm³/mol. The quantitative estimate of drug-likeness (QED) is 0.0580. The van der Waals surface area contributed by atoms with Gasteiger partial charge in [0, 0.05) is 6.61 Å². The molecule has 0 amide bonds. The Labute approximate surface area is 254 Å². The van der Waals surface area contributed by atoms with Gasteiger partial charge in [-0.3, -0.25) is 0 Å². The molecule has 9 heteroatoms. The molecule has 0 saturated carbocycles. The first kappa shape index (κ1) is 40.9. The van der Waals surface area contributed by atoms with Gasteiger partial charge >= 0.3 is 0 Å². The Balaban J connectivity index is 3.12. The third kappa shape index (κ3) is 29.7. The van der Waals surface area contributed by atoms with Crippen molar-refractivity contribution in [1.29, 1.82) is 0 Å². The van der Waals surface area contributed by atoms with Gasteiger partial charge in [0.25, 0.3) is 0 Å². The second kappa shape index (κ2) is 29.9. The summed E-state index contributed by atoms with van der Waals surface area (Å²) < 4.78 is 44.9. The number of unbranched alkanes of at least 4 members (excludes halogenated alkanes) is 9. The van der Waals surface area contributed by atoms with Crippen LogP contribution in [0, 0.1) is 0 Å². The second-order valence-corrected chi connectivity index (χ2v) is 16.9. The summed E-state index contributed by atoms with van der Waals surface area (Å²) in [5.74, 6) is 0. The molecule has 0 aliphatic carbocycles. The highest BCUT2D eigenvalue weighted by Crippen LogP contribution is 2.36. The Kier molecular flexibility index (Phi) is 29.9. The number of hydrogen-bond donors (Lipinski definition) is 0. The van der Waals surface area contributed by atoms with Crippen molar-refractivity contribution >= 4 is 8.32 Å². The summed E-state index contributed by atoms with van der Waals surface area (Å²) in [5, 5.41) is 0.228. The molecule has 0 aromatic rings. The van der Waals surface area contributed by atoms with Crippen LogP contribution in [0.15, 0.2) is 0 Å². The van der Waals surface area contributed by atoms with E-state index < -0.39 is 8.32 Å². The van der Waals surface area contributed by atoms with E-state index in [4.69, 9.17) is 37.6 Å². The van der Waals surface area contributed by atoms with E-state index in [0.29, 0.717) is 92.5 Å². The van der Waals surface area contributed by atoms with E-state index in [2.05, 4.69) is 40.8 Å². The maximum atomic E-state index is 6.08. The minimum absolute atomic E-state index is 0.228. The van der Waals surface area contributed by atoms with E-state index in [1.807, 2.05) is 0 Å². The van der Waals surface area contributed by atoms with Gasteiger partial charge in [0.1, 0.15) is 0 Å². The smallest absolute Gasteiger partial charge is 0.192 e. The molecule has 0 spiro atoms. The van der Waals surface area contributed by atoms with Gasteiger partial charge in [0.15, 0.2) is 8.32 Å². The molecular weight excluding hydrogens is 540 g/mol. The Morgan fingerprint density at radius 1 is 0.366 bits per heavy atom. The fourth-order valence-electron chi connectivity index (χ4n) is 3.69. The Hall–Kier alpha value is -0.103. The normalized spacial score (nSPS) is 12.4. The standard InChI is InChI=1S/C32H68O8Si/c1-7-8-9-10-11-12-13-14-15-16-17-33-18-19-34-20-21-35-22-23-36-24-25-37-26-27-38-28-29-39-30-31-40-41(5,6)32(2,3)4/h7-31H2,1-6H3. The topological polar surface area (TPSA) is 73.8 Å². The lowest BCUT2D eigenvalue weighted by molar-refractivity contribution is -0.0214. The van der Waals surface area contributed by atoms with Gasteiger partial charge in [0.05, 0.1) is 92.5 Å². The molecule has 0 unspecified atom stereocenters. The van der Waals surface area contributed by atoms with Gasteiger partial charge < -0.3 is 37.6 Å². The largest absolute Gasteiger partial charge is 0.414 e. The van der Waals surface area contributed by atoms with E-state index in [1.54, 1.807) is 0 Å². The molecule has 8 nitrogen and oxygen atoms in total. The first-order valence-corrected chi connectivity index (χ1v) is 19.4. The molecule has 0 bridgehead atoms. The Morgan fingerprint density at radius 3 is 0.951 bits per heavy atom. The lowest BCUT2D eigenvalue weighted by Crippen LogP contribution is -2.41. The minimum atomic E-state index is -1.68. The zero-order valence-electron chi connectivity index (χ0n) is 27.9. The highest BCUT2D eigenvalue weighted by atomic mass is 28.4. The molecule has 41 heavy (non-hydrogen) atoms. The average molecular weight is 609 g/mol. The van der Waals surface area contributed by atoms with Crippen molar-refractivity contribution in [1.82, 2.24) is 0 Å².